The molecule has 2 aromatic rings. The van der Waals surface area contributed by atoms with Gasteiger partial charge in [0.15, 0.2) is 0 Å². The van der Waals surface area contributed by atoms with Crippen molar-refractivity contribution in [2.45, 2.75) is 12.8 Å². The first-order valence-electron chi connectivity index (χ1n) is 4.73. The van der Waals surface area contributed by atoms with Crippen LogP contribution in [0, 0.1) is 6.92 Å². The van der Waals surface area contributed by atoms with Crippen LogP contribution < -0.4 is 0 Å². The molecule has 0 atom stereocenters. The summed E-state index contributed by atoms with van der Waals surface area (Å²) in [4.78, 5) is 8.32. The van der Waals surface area contributed by atoms with Crippen molar-refractivity contribution in [3.8, 4) is 11.1 Å². The van der Waals surface area contributed by atoms with Gasteiger partial charge in [-0.25, -0.2) is 9.97 Å². The molecule has 0 aliphatic rings. The molecular weight excluding hydrogens is 208 g/mol. The molecule has 1 aromatic heterocycles. The summed E-state index contributed by atoms with van der Waals surface area (Å²) < 4.78 is 0. The number of rotatable bonds is 2. The molecule has 0 saturated heterocycles. The zero-order chi connectivity index (χ0) is 10.7. The van der Waals surface area contributed by atoms with Crippen molar-refractivity contribution in [2.75, 3.05) is 0 Å². The van der Waals surface area contributed by atoms with Gasteiger partial charge in [-0.3, -0.25) is 0 Å². The summed E-state index contributed by atoms with van der Waals surface area (Å²) in [5.74, 6) is 1.02. The fourth-order valence-corrected chi connectivity index (χ4v) is 1.54. The van der Waals surface area contributed by atoms with E-state index in [1.165, 1.54) is 5.56 Å². The molecule has 0 aliphatic carbocycles. The van der Waals surface area contributed by atoms with Crippen LogP contribution in [0.2, 0.25) is 0 Å². The SMILES string of the molecule is Cc1cccc(-c2cnc(CCl)nc2)c1. The van der Waals surface area contributed by atoms with Crippen molar-refractivity contribution in [1.82, 2.24) is 9.97 Å². The molecule has 0 radical (unpaired) electrons. The molecule has 0 spiro atoms. The lowest BCUT2D eigenvalue weighted by molar-refractivity contribution is 1.03. The summed E-state index contributed by atoms with van der Waals surface area (Å²) in [5.41, 5.74) is 3.39. The number of hydrogen-bond acceptors (Lipinski definition) is 2. The number of aryl methyl sites for hydroxylation is 1. The molecule has 0 amide bonds. The highest BCUT2D eigenvalue weighted by Gasteiger charge is 1.99. The summed E-state index contributed by atoms with van der Waals surface area (Å²) in [6.07, 6.45) is 3.61. The Bertz CT molecular complexity index is 451. The Hall–Kier alpha value is -1.41. The van der Waals surface area contributed by atoms with Crippen LogP contribution in [0.5, 0.6) is 0 Å². The van der Waals surface area contributed by atoms with Gasteiger partial charge in [-0.1, -0.05) is 29.8 Å². The standard InChI is InChI=1S/C12H11ClN2/c1-9-3-2-4-10(5-9)11-7-14-12(6-13)15-8-11/h2-5,7-8H,6H2,1H3. The summed E-state index contributed by atoms with van der Waals surface area (Å²) in [6.45, 7) is 2.07. The minimum atomic E-state index is 0.355. The Kier molecular flexibility index (Phi) is 2.97. The van der Waals surface area contributed by atoms with Gasteiger partial charge in [-0.05, 0) is 12.5 Å². The largest absolute Gasteiger partial charge is 0.239 e. The second kappa shape index (κ2) is 4.41. The molecule has 0 N–H and O–H groups in total. The van der Waals surface area contributed by atoms with Crippen LogP contribution in [0.15, 0.2) is 36.7 Å². The predicted molar refractivity (Wildman–Crippen MR) is 61.8 cm³/mol. The zero-order valence-corrected chi connectivity index (χ0v) is 9.20. The molecule has 0 unspecified atom stereocenters. The molecule has 2 nitrogen and oxygen atoms in total. The summed E-state index contributed by atoms with van der Waals surface area (Å²) in [5, 5.41) is 0. The number of aromatic nitrogens is 2. The average molecular weight is 219 g/mol. The predicted octanol–water partition coefficient (Wildman–Crippen LogP) is 3.19. The van der Waals surface area contributed by atoms with E-state index in [0.717, 1.165) is 11.1 Å². The van der Waals surface area contributed by atoms with Crippen molar-refractivity contribution >= 4 is 11.6 Å². The smallest absolute Gasteiger partial charge is 0.142 e. The van der Waals surface area contributed by atoms with Crippen LogP contribution in [0.4, 0.5) is 0 Å². The second-order valence-electron chi connectivity index (χ2n) is 3.39. The Morgan fingerprint density at radius 3 is 2.47 bits per heavy atom. The molecule has 0 bridgehead atoms. The van der Waals surface area contributed by atoms with Crippen LogP contribution in [-0.2, 0) is 5.88 Å². The molecule has 2 rings (SSSR count). The van der Waals surface area contributed by atoms with E-state index in [1.807, 2.05) is 12.1 Å². The van der Waals surface area contributed by atoms with E-state index < -0.39 is 0 Å². The average Bonchev–Trinajstić information content (AvgIpc) is 2.29. The lowest BCUT2D eigenvalue weighted by Crippen LogP contribution is -1.91. The van der Waals surface area contributed by atoms with Crippen LogP contribution in [0.3, 0.4) is 0 Å². The van der Waals surface area contributed by atoms with Gasteiger partial charge < -0.3 is 0 Å². The van der Waals surface area contributed by atoms with E-state index >= 15 is 0 Å². The van der Waals surface area contributed by atoms with Gasteiger partial charge in [-0.15, -0.1) is 11.6 Å². The highest BCUT2D eigenvalue weighted by molar-refractivity contribution is 6.16. The molecule has 3 heteroatoms. The van der Waals surface area contributed by atoms with E-state index in [0.29, 0.717) is 11.7 Å². The van der Waals surface area contributed by atoms with Gasteiger partial charge in [0.1, 0.15) is 5.82 Å². The fourth-order valence-electron chi connectivity index (χ4n) is 1.40. The molecule has 0 aliphatic heterocycles. The van der Waals surface area contributed by atoms with Gasteiger partial charge in [0.05, 0.1) is 5.88 Å². The topological polar surface area (TPSA) is 25.8 Å². The maximum absolute atomic E-state index is 5.63. The van der Waals surface area contributed by atoms with E-state index in [2.05, 4.69) is 29.0 Å². The third-order valence-corrected chi connectivity index (χ3v) is 2.42. The minimum Gasteiger partial charge on any atom is -0.239 e. The number of benzene rings is 1. The Labute approximate surface area is 94.0 Å². The molecule has 15 heavy (non-hydrogen) atoms. The van der Waals surface area contributed by atoms with E-state index in [1.54, 1.807) is 12.4 Å². The number of hydrogen-bond donors (Lipinski definition) is 0. The monoisotopic (exact) mass is 218 g/mol. The van der Waals surface area contributed by atoms with Gasteiger partial charge in [0.2, 0.25) is 0 Å². The third-order valence-electron chi connectivity index (χ3n) is 2.18. The maximum Gasteiger partial charge on any atom is 0.142 e. The van der Waals surface area contributed by atoms with Crippen LogP contribution in [0.25, 0.3) is 11.1 Å². The van der Waals surface area contributed by atoms with Gasteiger partial charge in [-0.2, -0.15) is 0 Å². The zero-order valence-electron chi connectivity index (χ0n) is 8.44. The quantitative estimate of drug-likeness (QED) is 0.724. The molecule has 1 aromatic carbocycles. The molecule has 76 valence electrons. The maximum atomic E-state index is 5.63. The number of nitrogens with zero attached hydrogens (tertiary/aromatic N) is 2. The lowest BCUT2D eigenvalue weighted by Gasteiger charge is -2.02. The number of alkyl halides is 1. The first kappa shape index (κ1) is 10.1. The van der Waals surface area contributed by atoms with Crippen molar-refractivity contribution < 1.29 is 0 Å². The van der Waals surface area contributed by atoms with E-state index in [9.17, 15) is 0 Å². The lowest BCUT2D eigenvalue weighted by atomic mass is 10.1. The van der Waals surface area contributed by atoms with Gasteiger partial charge in [0.25, 0.3) is 0 Å². The highest BCUT2D eigenvalue weighted by atomic mass is 35.5. The Balaban J connectivity index is 2.37. The first-order valence-corrected chi connectivity index (χ1v) is 5.27. The first-order chi connectivity index (χ1) is 7.29. The normalized spacial score (nSPS) is 10.3. The summed E-state index contributed by atoms with van der Waals surface area (Å²) in [6, 6.07) is 8.25. The Morgan fingerprint density at radius 2 is 1.87 bits per heavy atom. The third kappa shape index (κ3) is 2.34. The van der Waals surface area contributed by atoms with Crippen LogP contribution in [0.1, 0.15) is 11.4 Å². The molecule has 1 heterocycles. The summed E-state index contributed by atoms with van der Waals surface area (Å²) in [7, 11) is 0. The molecule has 0 saturated carbocycles. The van der Waals surface area contributed by atoms with Crippen LogP contribution >= 0.6 is 11.6 Å². The summed E-state index contributed by atoms with van der Waals surface area (Å²) >= 11 is 5.63. The van der Waals surface area contributed by atoms with Crippen molar-refractivity contribution in [2.24, 2.45) is 0 Å². The highest BCUT2D eigenvalue weighted by Crippen LogP contribution is 2.18. The van der Waals surface area contributed by atoms with Crippen LogP contribution in [-0.4, -0.2) is 9.97 Å². The van der Waals surface area contributed by atoms with Crippen molar-refractivity contribution in [3.63, 3.8) is 0 Å². The van der Waals surface area contributed by atoms with Gasteiger partial charge in [0, 0.05) is 18.0 Å². The van der Waals surface area contributed by atoms with E-state index in [-0.39, 0.29) is 0 Å². The van der Waals surface area contributed by atoms with E-state index in [4.69, 9.17) is 11.6 Å². The molecular formula is C12H11ClN2. The Morgan fingerprint density at radius 1 is 1.13 bits per heavy atom. The van der Waals surface area contributed by atoms with Crippen molar-refractivity contribution in [1.29, 1.82) is 0 Å². The van der Waals surface area contributed by atoms with Crippen molar-refractivity contribution in [3.05, 3.63) is 48.0 Å². The number of halogens is 1. The second-order valence-corrected chi connectivity index (χ2v) is 3.66. The fraction of sp³-hybridized carbons (Fsp3) is 0.167. The van der Waals surface area contributed by atoms with Gasteiger partial charge >= 0.3 is 0 Å². The minimum absolute atomic E-state index is 0.355. The molecule has 0 fully saturated rings.